The fourth-order valence-electron chi connectivity index (χ4n) is 1.60. The van der Waals surface area contributed by atoms with Gasteiger partial charge in [-0.05, 0) is 0 Å². The molecule has 2 N–H and O–H groups in total. The van der Waals surface area contributed by atoms with E-state index in [1.165, 1.54) is 0 Å². The summed E-state index contributed by atoms with van der Waals surface area (Å²) in [5.41, 5.74) is -0.652. The van der Waals surface area contributed by atoms with Crippen molar-refractivity contribution >= 4 is 31.5 Å². The average Bonchev–Trinajstić information content (AvgIpc) is 2.34. The van der Waals surface area contributed by atoms with E-state index in [2.05, 4.69) is 5.32 Å². The van der Waals surface area contributed by atoms with Gasteiger partial charge in [-0.1, -0.05) is 0 Å². The van der Waals surface area contributed by atoms with Crippen LogP contribution in [0.2, 0.25) is 4.82 Å². The zero-order valence-corrected chi connectivity index (χ0v) is 14.3. The maximum atomic E-state index is 11.7. The molecule has 116 valence electrons. The molecule has 0 aliphatic heterocycles. The molecule has 0 saturated carbocycles. The summed E-state index contributed by atoms with van der Waals surface area (Å²) in [5.74, 6) is -1.05. The molecule has 0 saturated heterocycles. The number of amides is 1. The summed E-state index contributed by atoms with van der Waals surface area (Å²) in [6, 6.07) is 8.71. The maximum absolute atomic E-state index is 11.7. The van der Waals surface area contributed by atoms with Crippen LogP contribution in [-0.4, -0.2) is 43.8 Å². The molecule has 0 spiro atoms. The predicted molar refractivity (Wildman–Crippen MR) is 82.0 cm³/mol. The van der Waals surface area contributed by atoms with Crippen LogP contribution < -0.4 is 9.78 Å². The van der Waals surface area contributed by atoms with Gasteiger partial charge in [-0.2, -0.15) is 0 Å². The predicted octanol–water partition coefficient (Wildman–Crippen LogP) is 1.80. The molecule has 0 aliphatic carbocycles. The third-order valence-corrected chi connectivity index (χ3v) is 4.97. The number of carboxylic acids is 1. The molecule has 5 nitrogen and oxygen atoms in total. The van der Waals surface area contributed by atoms with Crippen LogP contribution in [0.25, 0.3) is 0 Å². The van der Waals surface area contributed by atoms with Crippen LogP contribution in [0.1, 0.15) is 27.7 Å². The van der Waals surface area contributed by atoms with Gasteiger partial charge in [-0.15, -0.1) is 0 Å². The Bertz CT molecular complexity index is 484. The Morgan fingerprint density at radius 3 is 2.29 bits per heavy atom. The standard InChI is InChI=1S/C15H21NO4Se/c1-10(21-11-8-6-5-7-9-11)12(13(17)18)16-14(19)20-15(2,3)4/h5-10,12H,1-4H3,(H,16,19)(H,17,18)/t10-,12?/m0/s1. The summed E-state index contributed by atoms with van der Waals surface area (Å²) in [4.78, 5) is 22.9. The number of alkyl carbamates (subject to hydrolysis) is 1. The zero-order chi connectivity index (χ0) is 16.0. The molecule has 1 amide bonds. The van der Waals surface area contributed by atoms with E-state index in [0.717, 1.165) is 4.46 Å². The van der Waals surface area contributed by atoms with Crippen molar-refractivity contribution in [1.29, 1.82) is 0 Å². The molecule has 0 aromatic heterocycles. The first-order valence-corrected chi connectivity index (χ1v) is 8.47. The van der Waals surface area contributed by atoms with E-state index in [4.69, 9.17) is 4.74 Å². The second-order valence-electron chi connectivity index (χ2n) is 5.60. The van der Waals surface area contributed by atoms with E-state index >= 15 is 0 Å². The molecular formula is C15H21NO4Se. The first-order valence-electron chi connectivity index (χ1n) is 6.63. The van der Waals surface area contributed by atoms with E-state index in [1.54, 1.807) is 20.8 Å². The van der Waals surface area contributed by atoms with Gasteiger partial charge in [0.15, 0.2) is 0 Å². The minimum absolute atomic E-state index is 0.0562. The Morgan fingerprint density at radius 2 is 1.81 bits per heavy atom. The van der Waals surface area contributed by atoms with Crippen LogP contribution in [0.15, 0.2) is 30.3 Å². The zero-order valence-electron chi connectivity index (χ0n) is 12.6. The summed E-state index contributed by atoms with van der Waals surface area (Å²) in [5, 5.41) is 11.8. The van der Waals surface area contributed by atoms with Gasteiger partial charge in [-0.3, -0.25) is 0 Å². The number of carbonyl (C=O) groups excluding carboxylic acids is 1. The number of ether oxygens (including phenoxy) is 1. The number of hydrogen-bond acceptors (Lipinski definition) is 3. The first-order chi connectivity index (χ1) is 9.69. The van der Waals surface area contributed by atoms with Gasteiger partial charge in [0.05, 0.1) is 0 Å². The van der Waals surface area contributed by atoms with E-state index in [0.29, 0.717) is 0 Å². The quantitative estimate of drug-likeness (QED) is 0.787. The molecule has 6 heteroatoms. The van der Waals surface area contributed by atoms with Gasteiger partial charge in [0.2, 0.25) is 0 Å². The Balaban J connectivity index is 2.68. The summed E-state index contributed by atoms with van der Waals surface area (Å²) >= 11 is -0.0562. The van der Waals surface area contributed by atoms with Crippen molar-refractivity contribution in [3.63, 3.8) is 0 Å². The van der Waals surface area contributed by atoms with Crippen molar-refractivity contribution in [2.75, 3.05) is 0 Å². The second kappa shape index (κ2) is 7.48. The van der Waals surface area contributed by atoms with Crippen LogP contribution in [0.4, 0.5) is 4.79 Å². The summed E-state index contributed by atoms with van der Waals surface area (Å²) in [6.07, 6.45) is -0.703. The number of nitrogens with one attached hydrogen (secondary N) is 1. The second-order valence-corrected chi connectivity index (χ2v) is 8.64. The minimum atomic E-state index is -1.05. The molecule has 0 heterocycles. The normalized spacial score (nSPS) is 14.1. The fourth-order valence-corrected chi connectivity index (χ4v) is 3.83. The molecular weight excluding hydrogens is 337 g/mol. The molecule has 0 bridgehead atoms. The van der Waals surface area contributed by atoms with E-state index in [-0.39, 0.29) is 19.8 Å². The molecule has 0 radical (unpaired) electrons. The third kappa shape index (κ3) is 6.65. The first kappa shape index (κ1) is 17.5. The van der Waals surface area contributed by atoms with Crippen molar-refractivity contribution in [1.82, 2.24) is 5.32 Å². The van der Waals surface area contributed by atoms with Gasteiger partial charge in [0, 0.05) is 0 Å². The number of carbonyl (C=O) groups is 2. The Morgan fingerprint density at radius 1 is 1.24 bits per heavy atom. The molecule has 21 heavy (non-hydrogen) atoms. The monoisotopic (exact) mass is 359 g/mol. The van der Waals surface area contributed by atoms with Gasteiger partial charge in [-0.25, -0.2) is 0 Å². The van der Waals surface area contributed by atoms with Gasteiger partial charge in [0.25, 0.3) is 0 Å². The van der Waals surface area contributed by atoms with Gasteiger partial charge >= 0.3 is 131 Å². The molecule has 1 rings (SSSR count). The molecule has 1 unspecified atom stereocenters. The number of benzene rings is 1. The van der Waals surface area contributed by atoms with Crippen molar-refractivity contribution in [2.45, 2.75) is 44.2 Å². The van der Waals surface area contributed by atoms with Gasteiger partial charge < -0.3 is 0 Å². The van der Waals surface area contributed by atoms with Crippen molar-refractivity contribution in [3.8, 4) is 0 Å². The molecule has 1 aromatic rings. The average molecular weight is 358 g/mol. The van der Waals surface area contributed by atoms with Gasteiger partial charge in [0.1, 0.15) is 0 Å². The molecule has 1 aromatic carbocycles. The van der Waals surface area contributed by atoms with Crippen LogP contribution in [-0.2, 0) is 9.53 Å². The molecule has 2 atom stereocenters. The number of carboxylic acid groups (broad SMARTS) is 1. The van der Waals surface area contributed by atoms with Crippen molar-refractivity contribution in [3.05, 3.63) is 30.3 Å². The Labute approximate surface area is 131 Å². The topological polar surface area (TPSA) is 75.6 Å². The summed E-state index contributed by atoms with van der Waals surface area (Å²) in [7, 11) is 0. The molecule has 0 fully saturated rings. The number of aliphatic carboxylic acids is 1. The van der Waals surface area contributed by atoms with Crippen molar-refractivity contribution < 1.29 is 19.4 Å². The van der Waals surface area contributed by atoms with Crippen LogP contribution >= 0.6 is 0 Å². The Hall–Kier alpha value is -1.52. The number of hydrogen-bond donors (Lipinski definition) is 2. The SMILES string of the molecule is C[C@H]([Se]c1ccccc1)C(NC(=O)OC(C)(C)C)C(=O)O. The van der Waals surface area contributed by atoms with Crippen LogP contribution in [0, 0.1) is 0 Å². The number of rotatable bonds is 5. The fraction of sp³-hybridized carbons (Fsp3) is 0.467. The summed E-state index contributed by atoms with van der Waals surface area (Å²) < 4.78 is 6.20. The summed E-state index contributed by atoms with van der Waals surface area (Å²) in [6.45, 7) is 7.03. The van der Waals surface area contributed by atoms with E-state index < -0.39 is 23.7 Å². The third-order valence-electron chi connectivity index (χ3n) is 2.47. The van der Waals surface area contributed by atoms with E-state index in [9.17, 15) is 14.7 Å². The molecule has 0 aliphatic rings. The van der Waals surface area contributed by atoms with Crippen LogP contribution in [0.3, 0.4) is 0 Å². The Kier molecular flexibility index (Phi) is 6.24. The van der Waals surface area contributed by atoms with Crippen molar-refractivity contribution in [2.24, 2.45) is 0 Å². The van der Waals surface area contributed by atoms with E-state index in [1.807, 2.05) is 37.3 Å². The van der Waals surface area contributed by atoms with Crippen LogP contribution in [0.5, 0.6) is 0 Å².